The zero-order chi connectivity index (χ0) is 21.7. The van der Waals surface area contributed by atoms with Gasteiger partial charge >= 0.3 is 0 Å². The van der Waals surface area contributed by atoms with Crippen molar-refractivity contribution in [2.24, 2.45) is 0 Å². The van der Waals surface area contributed by atoms with Crippen molar-refractivity contribution in [2.45, 2.75) is 13.0 Å². The lowest BCUT2D eigenvalue weighted by atomic mass is 10.2. The van der Waals surface area contributed by atoms with E-state index in [4.69, 9.17) is 4.74 Å². The predicted molar refractivity (Wildman–Crippen MR) is 123 cm³/mol. The Bertz CT molecular complexity index is 1100. The van der Waals surface area contributed by atoms with Gasteiger partial charge in [0.05, 0.1) is 11.9 Å². The molecule has 8 heteroatoms. The third kappa shape index (κ3) is 5.61. The molecule has 156 valence electrons. The Morgan fingerprint density at radius 2 is 1.50 bits per heavy atom. The van der Waals surface area contributed by atoms with Crippen LogP contribution in [0.1, 0.15) is 6.92 Å². The normalized spacial score (nSPS) is 12.1. The standard InChI is InChI=1S/C22H21BrN2O4S/c1-16(22(26)24-18-10-8-17(23)9-11-18)25(30(2,27)28)19-12-14-21(15-13-19)29-20-6-4-3-5-7-20/h3-16H,1-2H3,(H,24,26)/t16-/m0/s1. The molecule has 3 rings (SSSR count). The van der Waals surface area contributed by atoms with E-state index >= 15 is 0 Å². The summed E-state index contributed by atoms with van der Waals surface area (Å²) in [5.74, 6) is 0.796. The Kier molecular flexibility index (Phi) is 6.79. The number of nitrogens with zero attached hydrogens (tertiary/aromatic N) is 1. The Labute approximate surface area is 184 Å². The first-order chi connectivity index (χ1) is 14.2. The van der Waals surface area contributed by atoms with Gasteiger partial charge in [0.1, 0.15) is 17.5 Å². The van der Waals surface area contributed by atoms with Crippen LogP contribution in [-0.4, -0.2) is 26.6 Å². The molecular weight excluding hydrogens is 468 g/mol. The number of rotatable bonds is 7. The monoisotopic (exact) mass is 488 g/mol. The lowest BCUT2D eigenvalue weighted by Gasteiger charge is -2.28. The van der Waals surface area contributed by atoms with Gasteiger partial charge in [0.25, 0.3) is 0 Å². The minimum absolute atomic E-state index is 0.372. The lowest BCUT2D eigenvalue weighted by Crippen LogP contribution is -2.45. The minimum atomic E-state index is -3.71. The first-order valence-electron chi connectivity index (χ1n) is 9.13. The van der Waals surface area contributed by atoms with Crippen molar-refractivity contribution < 1.29 is 17.9 Å². The van der Waals surface area contributed by atoms with Crippen molar-refractivity contribution >= 4 is 43.2 Å². The van der Waals surface area contributed by atoms with Gasteiger partial charge in [0.15, 0.2) is 0 Å². The van der Waals surface area contributed by atoms with Crippen molar-refractivity contribution in [1.82, 2.24) is 0 Å². The van der Waals surface area contributed by atoms with Gasteiger partial charge in [-0.25, -0.2) is 8.42 Å². The van der Waals surface area contributed by atoms with E-state index in [2.05, 4.69) is 21.2 Å². The molecule has 0 aliphatic heterocycles. The molecule has 0 heterocycles. The van der Waals surface area contributed by atoms with Crippen LogP contribution in [0.15, 0.2) is 83.3 Å². The number of hydrogen-bond acceptors (Lipinski definition) is 4. The number of carbonyl (C=O) groups excluding carboxylic acids is 1. The molecule has 0 saturated carbocycles. The smallest absolute Gasteiger partial charge is 0.247 e. The predicted octanol–water partition coefficient (Wildman–Crippen LogP) is 5.03. The summed E-state index contributed by atoms with van der Waals surface area (Å²) in [4.78, 5) is 12.7. The van der Waals surface area contributed by atoms with E-state index in [9.17, 15) is 13.2 Å². The number of hydrogen-bond donors (Lipinski definition) is 1. The van der Waals surface area contributed by atoms with Gasteiger partial charge in [0, 0.05) is 10.2 Å². The molecule has 1 amide bonds. The van der Waals surface area contributed by atoms with Crippen LogP contribution < -0.4 is 14.4 Å². The largest absolute Gasteiger partial charge is 0.457 e. The maximum absolute atomic E-state index is 12.7. The van der Waals surface area contributed by atoms with Crippen molar-refractivity contribution in [3.63, 3.8) is 0 Å². The van der Waals surface area contributed by atoms with E-state index < -0.39 is 22.0 Å². The summed E-state index contributed by atoms with van der Waals surface area (Å²) in [5.41, 5.74) is 0.950. The quantitative estimate of drug-likeness (QED) is 0.505. The first kappa shape index (κ1) is 21.9. The number of para-hydroxylation sites is 1. The van der Waals surface area contributed by atoms with Gasteiger partial charge in [-0.15, -0.1) is 0 Å². The number of ether oxygens (including phenoxy) is 1. The number of amides is 1. The van der Waals surface area contributed by atoms with Gasteiger partial charge in [-0.1, -0.05) is 34.1 Å². The molecule has 6 nitrogen and oxygen atoms in total. The Balaban J connectivity index is 1.79. The van der Waals surface area contributed by atoms with Crippen LogP contribution in [-0.2, 0) is 14.8 Å². The highest BCUT2D eigenvalue weighted by molar-refractivity contribution is 9.10. The molecule has 0 spiro atoms. The third-order valence-corrected chi connectivity index (χ3v) is 6.04. The summed E-state index contributed by atoms with van der Waals surface area (Å²) < 4.78 is 32.6. The van der Waals surface area contributed by atoms with E-state index in [1.807, 2.05) is 30.3 Å². The number of sulfonamides is 1. The maximum Gasteiger partial charge on any atom is 0.247 e. The van der Waals surface area contributed by atoms with E-state index in [1.54, 1.807) is 55.5 Å². The summed E-state index contributed by atoms with van der Waals surface area (Å²) in [6, 6.07) is 21.9. The summed E-state index contributed by atoms with van der Waals surface area (Å²) >= 11 is 3.34. The second-order valence-electron chi connectivity index (χ2n) is 6.64. The molecule has 0 bridgehead atoms. The third-order valence-electron chi connectivity index (χ3n) is 4.27. The van der Waals surface area contributed by atoms with Crippen LogP contribution in [0.5, 0.6) is 11.5 Å². The molecule has 1 atom stereocenters. The highest BCUT2D eigenvalue weighted by atomic mass is 79.9. The second-order valence-corrected chi connectivity index (χ2v) is 9.42. The van der Waals surface area contributed by atoms with Gasteiger partial charge in [-0.3, -0.25) is 9.10 Å². The average molecular weight is 489 g/mol. The Morgan fingerprint density at radius 1 is 0.933 bits per heavy atom. The molecule has 0 aliphatic carbocycles. The van der Waals surface area contributed by atoms with Crippen molar-refractivity contribution in [3.8, 4) is 11.5 Å². The Morgan fingerprint density at radius 3 is 2.07 bits per heavy atom. The van der Waals surface area contributed by atoms with Gasteiger partial charge < -0.3 is 10.1 Å². The van der Waals surface area contributed by atoms with E-state index in [0.717, 1.165) is 15.0 Å². The number of halogens is 1. The van der Waals surface area contributed by atoms with Crippen LogP contribution in [0.25, 0.3) is 0 Å². The lowest BCUT2D eigenvalue weighted by molar-refractivity contribution is -0.116. The zero-order valence-electron chi connectivity index (χ0n) is 16.4. The van der Waals surface area contributed by atoms with Crippen molar-refractivity contribution in [3.05, 3.63) is 83.3 Å². The summed E-state index contributed by atoms with van der Waals surface area (Å²) in [6.45, 7) is 1.55. The van der Waals surface area contributed by atoms with Crippen LogP contribution in [0, 0.1) is 0 Å². The highest BCUT2D eigenvalue weighted by Crippen LogP contribution is 2.27. The molecule has 3 aromatic rings. The average Bonchev–Trinajstić information content (AvgIpc) is 2.71. The molecule has 0 aromatic heterocycles. The molecule has 0 aliphatic rings. The molecule has 30 heavy (non-hydrogen) atoms. The zero-order valence-corrected chi connectivity index (χ0v) is 18.9. The first-order valence-corrected chi connectivity index (χ1v) is 11.8. The fourth-order valence-electron chi connectivity index (χ4n) is 2.87. The molecule has 0 radical (unpaired) electrons. The second kappa shape index (κ2) is 9.32. The SMILES string of the molecule is C[C@@H](C(=O)Nc1ccc(Br)cc1)N(c1ccc(Oc2ccccc2)cc1)S(C)(=O)=O. The number of benzene rings is 3. The van der Waals surface area contributed by atoms with Gasteiger partial charge in [0.2, 0.25) is 15.9 Å². The molecule has 1 N–H and O–H groups in total. The molecule has 0 unspecified atom stereocenters. The van der Waals surface area contributed by atoms with Gasteiger partial charge in [-0.05, 0) is 67.6 Å². The topological polar surface area (TPSA) is 75.7 Å². The van der Waals surface area contributed by atoms with Crippen molar-refractivity contribution in [2.75, 3.05) is 15.9 Å². The number of nitrogens with one attached hydrogen (secondary N) is 1. The van der Waals surface area contributed by atoms with E-state index in [1.165, 1.54) is 0 Å². The number of anilines is 2. The molecule has 3 aromatic carbocycles. The molecular formula is C22H21BrN2O4S. The summed E-state index contributed by atoms with van der Waals surface area (Å²) in [5, 5.41) is 2.74. The fraction of sp³-hybridized carbons (Fsp3) is 0.136. The maximum atomic E-state index is 12.7. The highest BCUT2D eigenvalue weighted by Gasteiger charge is 2.29. The number of carbonyl (C=O) groups is 1. The molecule has 0 saturated heterocycles. The van der Waals surface area contributed by atoms with Crippen LogP contribution in [0.3, 0.4) is 0 Å². The summed E-state index contributed by atoms with van der Waals surface area (Å²) in [6.07, 6.45) is 1.07. The van der Waals surface area contributed by atoms with E-state index in [0.29, 0.717) is 22.9 Å². The molecule has 0 fully saturated rings. The van der Waals surface area contributed by atoms with Gasteiger partial charge in [-0.2, -0.15) is 0 Å². The van der Waals surface area contributed by atoms with Crippen LogP contribution in [0.2, 0.25) is 0 Å². The summed E-state index contributed by atoms with van der Waals surface area (Å²) in [7, 11) is -3.71. The minimum Gasteiger partial charge on any atom is -0.457 e. The van der Waals surface area contributed by atoms with Crippen LogP contribution in [0.4, 0.5) is 11.4 Å². The Hall–Kier alpha value is -2.84. The van der Waals surface area contributed by atoms with E-state index in [-0.39, 0.29) is 0 Å². The van der Waals surface area contributed by atoms with Crippen molar-refractivity contribution in [1.29, 1.82) is 0 Å². The van der Waals surface area contributed by atoms with Crippen LogP contribution >= 0.6 is 15.9 Å². The fourth-order valence-corrected chi connectivity index (χ4v) is 4.31.